The Balaban J connectivity index is 1.89. The minimum absolute atomic E-state index is 0.286. The molecule has 0 fully saturated rings. The number of carbonyl (C=O) groups is 1. The first-order chi connectivity index (χ1) is 10.6. The lowest BCUT2D eigenvalue weighted by atomic mass is 10.2. The summed E-state index contributed by atoms with van der Waals surface area (Å²) in [6.07, 6.45) is 1.51. The van der Waals surface area contributed by atoms with Gasteiger partial charge in [0.25, 0.3) is 5.91 Å². The molecule has 1 N–H and O–H groups in total. The van der Waals surface area contributed by atoms with Crippen molar-refractivity contribution in [1.29, 1.82) is 0 Å². The molecule has 1 amide bonds. The average molecular weight is 299 g/mol. The Labute approximate surface area is 126 Å². The highest BCUT2D eigenvalue weighted by Crippen LogP contribution is 2.21. The molecule has 1 aromatic carbocycles. The number of methoxy groups -OCH3 is 1. The molecular weight excluding hydrogens is 285 g/mol. The molecular formula is C16H14FN3O2. The molecule has 0 atom stereocenters. The number of rotatable bonds is 3. The topological polar surface area (TPSA) is 56.1 Å². The van der Waals surface area contributed by atoms with Gasteiger partial charge in [0.15, 0.2) is 0 Å². The van der Waals surface area contributed by atoms with Crippen LogP contribution in [0, 0.1) is 5.82 Å². The lowest BCUT2D eigenvalue weighted by Gasteiger charge is -2.07. The van der Waals surface area contributed by atoms with Crippen molar-refractivity contribution in [2.45, 2.75) is 0 Å². The molecule has 0 aliphatic heterocycles. The van der Waals surface area contributed by atoms with Gasteiger partial charge in [-0.3, -0.25) is 4.79 Å². The maximum atomic E-state index is 13.3. The lowest BCUT2D eigenvalue weighted by Crippen LogP contribution is -2.15. The van der Waals surface area contributed by atoms with Crippen molar-refractivity contribution in [3.05, 3.63) is 54.1 Å². The maximum absolute atomic E-state index is 13.3. The number of hydrogen-bond acceptors (Lipinski definition) is 3. The van der Waals surface area contributed by atoms with E-state index in [4.69, 9.17) is 4.74 Å². The molecule has 0 aliphatic rings. The summed E-state index contributed by atoms with van der Waals surface area (Å²) in [7, 11) is 3.29. The van der Waals surface area contributed by atoms with Crippen LogP contribution in [-0.2, 0) is 7.05 Å². The van der Waals surface area contributed by atoms with Crippen LogP contribution in [0.2, 0.25) is 0 Å². The van der Waals surface area contributed by atoms with Crippen LogP contribution < -0.4 is 10.1 Å². The van der Waals surface area contributed by atoms with Crippen molar-refractivity contribution in [1.82, 2.24) is 9.55 Å². The number of pyridine rings is 1. The minimum atomic E-state index is -0.329. The zero-order valence-corrected chi connectivity index (χ0v) is 12.1. The summed E-state index contributed by atoms with van der Waals surface area (Å²) in [4.78, 5) is 16.4. The van der Waals surface area contributed by atoms with Crippen LogP contribution >= 0.6 is 0 Å². The van der Waals surface area contributed by atoms with E-state index in [9.17, 15) is 9.18 Å². The monoisotopic (exact) mass is 299 g/mol. The van der Waals surface area contributed by atoms with Gasteiger partial charge in [-0.1, -0.05) is 0 Å². The Hall–Kier alpha value is -2.89. The summed E-state index contributed by atoms with van der Waals surface area (Å²) in [5, 5.41) is 3.44. The van der Waals surface area contributed by atoms with Crippen molar-refractivity contribution in [2.75, 3.05) is 12.4 Å². The van der Waals surface area contributed by atoms with Crippen LogP contribution in [0.4, 0.5) is 10.1 Å². The average Bonchev–Trinajstić information content (AvgIpc) is 2.84. The summed E-state index contributed by atoms with van der Waals surface area (Å²) >= 11 is 0. The summed E-state index contributed by atoms with van der Waals surface area (Å²) in [5.74, 6) is -0.145. The van der Waals surface area contributed by atoms with Crippen molar-refractivity contribution < 1.29 is 13.9 Å². The molecule has 0 spiro atoms. The molecule has 0 unspecified atom stereocenters. The van der Waals surface area contributed by atoms with Crippen LogP contribution in [0.15, 0.2) is 42.6 Å². The van der Waals surface area contributed by atoms with Gasteiger partial charge in [-0.05, 0) is 30.3 Å². The second kappa shape index (κ2) is 5.48. The van der Waals surface area contributed by atoms with Crippen LogP contribution in [-0.4, -0.2) is 22.6 Å². The Morgan fingerprint density at radius 3 is 2.77 bits per heavy atom. The van der Waals surface area contributed by atoms with E-state index < -0.39 is 0 Å². The molecule has 0 radical (unpaired) electrons. The van der Waals surface area contributed by atoms with Crippen LogP contribution in [0.3, 0.4) is 0 Å². The molecule has 0 bridgehead atoms. The molecule has 3 aromatic rings. The predicted molar refractivity (Wildman–Crippen MR) is 81.6 cm³/mol. The summed E-state index contributed by atoms with van der Waals surface area (Å²) < 4.78 is 20.0. The number of nitrogens with one attached hydrogen (secondary N) is 1. The van der Waals surface area contributed by atoms with Crippen LogP contribution in [0.1, 0.15) is 10.5 Å². The minimum Gasteiger partial charge on any atom is -0.481 e. The highest BCUT2D eigenvalue weighted by atomic mass is 19.1. The van der Waals surface area contributed by atoms with Gasteiger partial charge in [-0.2, -0.15) is 0 Å². The zero-order valence-electron chi connectivity index (χ0n) is 12.1. The smallest absolute Gasteiger partial charge is 0.272 e. The standard InChI is InChI=1S/C16H14FN3O2/c1-20-13-5-3-11(17)7-10(13)8-14(20)16(21)19-12-4-6-15(22-2)18-9-12/h3-9H,1-2H3,(H,19,21). The third kappa shape index (κ3) is 2.50. The molecule has 3 rings (SSSR count). The second-order valence-electron chi connectivity index (χ2n) is 4.84. The molecule has 2 aromatic heterocycles. The molecule has 6 heteroatoms. The number of aryl methyl sites for hydroxylation is 1. The van der Waals surface area contributed by atoms with Gasteiger partial charge in [-0.25, -0.2) is 9.37 Å². The Morgan fingerprint density at radius 2 is 2.09 bits per heavy atom. The fraction of sp³-hybridized carbons (Fsp3) is 0.125. The van der Waals surface area contributed by atoms with Gasteiger partial charge in [0.05, 0.1) is 19.0 Å². The third-order valence-electron chi connectivity index (χ3n) is 3.44. The number of halogens is 1. The molecule has 0 saturated heterocycles. The summed E-state index contributed by atoms with van der Waals surface area (Å²) in [6, 6.07) is 9.44. The van der Waals surface area contributed by atoms with E-state index in [1.807, 2.05) is 0 Å². The van der Waals surface area contributed by atoms with Crippen molar-refractivity contribution in [3.63, 3.8) is 0 Å². The third-order valence-corrected chi connectivity index (χ3v) is 3.44. The van der Waals surface area contributed by atoms with E-state index in [1.54, 1.807) is 35.9 Å². The first-order valence-electron chi connectivity index (χ1n) is 6.65. The summed E-state index contributed by atoms with van der Waals surface area (Å²) in [5.41, 5.74) is 1.79. The fourth-order valence-corrected chi connectivity index (χ4v) is 2.31. The van der Waals surface area contributed by atoms with E-state index in [2.05, 4.69) is 10.3 Å². The highest BCUT2D eigenvalue weighted by molar-refractivity contribution is 6.06. The normalized spacial score (nSPS) is 10.7. The largest absolute Gasteiger partial charge is 0.481 e. The van der Waals surface area contributed by atoms with Gasteiger partial charge in [0.1, 0.15) is 11.5 Å². The van der Waals surface area contributed by atoms with E-state index in [0.717, 1.165) is 5.52 Å². The van der Waals surface area contributed by atoms with E-state index in [-0.39, 0.29) is 11.7 Å². The summed E-state index contributed by atoms with van der Waals surface area (Å²) in [6.45, 7) is 0. The van der Waals surface area contributed by atoms with E-state index in [0.29, 0.717) is 22.6 Å². The van der Waals surface area contributed by atoms with E-state index >= 15 is 0 Å². The first kappa shape index (κ1) is 14.1. The number of ether oxygens (including phenoxy) is 1. The quantitative estimate of drug-likeness (QED) is 0.809. The number of carbonyl (C=O) groups excluding carboxylic acids is 1. The number of amides is 1. The maximum Gasteiger partial charge on any atom is 0.272 e. The molecule has 112 valence electrons. The van der Waals surface area contributed by atoms with Gasteiger partial charge >= 0.3 is 0 Å². The number of hydrogen-bond donors (Lipinski definition) is 1. The number of benzene rings is 1. The predicted octanol–water partition coefficient (Wildman–Crippen LogP) is 2.97. The number of nitrogens with zero attached hydrogens (tertiary/aromatic N) is 2. The zero-order chi connectivity index (χ0) is 15.7. The van der Waals surface area contributed by atoms with Crippen molar-refractivity contribution >= 4 is 22.5 Å². The van der Waals surface area contributed by atoms with Gasteiger partial charge in [0, 0.05) is 24.0 Å². The SMILES string of the molecule is COc1ccc(NC(=O)c2cc3cc(F)ccc3n2C)cn1. The molecule has 5 nitrogen and oxygen atoms in total. The second-order valence-corrected chi connectivity index (χ2v) is 4.84. The molecule has 0 aliphatic carbocycles. The Morgan fingerprint density at radius 1 is 1.27 bits per heavy atom. The number of aromatic nitrogens is 2. The number of anilines is 1. The first-order valence-corrected chi connectivity index (χ1v) is 6.65. The van der Waals surface area contributed by atoms with Crippen molar-refractivity contribution in [3.8, 4) is 5.88 Å². The van der Waals surface area contributed by atoms with Crippen LogP contribution in [0.25, 0.3) is 10.9 Å². The lowest BCUT2D eigenvalue weighted by molar-refractivity contribution is 0.101. The highest BCUT2D eigenvalue weighted by Gasteiger charge is 2.14. The fourth-order valence-electron chi connectivity index (χ4n) is 2.31. The Kier molecular flexibility index (Phi) is 3.50. The van der Waals surface area contributed by atoms with Crippen molar-refractivity contribution in [2.24, 2.45) is 7.05 Å². The van der Waals surface area contributed by atoms with Crippen LogP contribution in [0.5, 0.6) is 5.88 Å². The molecule has 22 heavy (non-hydrogen) atoms. The Bertz CT molecular complexity index is 840. The van der Waals surface area contributed by atoms with E-state index in [1.165, 1.54) is 25.4 Å². The molecule has 2 heterocycles. The number of fused-ring (bicyclic) bond motifs is 1. The van der Waals surface area contributed by atoms with Gasteiger partial charge < -0.3 is 14.6 Å². The van der Waals surface area contributed by atoms with Gasteiger partial charge in [0.2, 0.25) is 5.88 Å². The molecule has 0 saturated carbocycles. The van der Waals surface area contributed by atoms with Gasteiger partial charge in [-0.15, -0.1) is 0 Å².